The van der Waals surface area contributed by atoms with Gasteiger partial charge in [-0.1, -0.05) is 12.1 Å². The number of rotatable bonds is 4. The number of hydrogen-bond donors (Lipinski definition) is 0. The molecule has 0 spiro atoms. The molecule has 0 N–H and O–H groups in total. The summed E-state index contributed by atoms with van der Waals surface area (Å²) in [4.78, 5) is 0. The van der Waals surface area contributed by atoms with Gasteiger partial charge in [0.2, 0.25) is 0 Å². The van der Waals surface area contributed by atoms with Gasteiger partial charge in [-0.05, 0) is 46.3 Å². The summed E-state index contributed by atoms with van der Waals surface area (Å²) < 4.78 is 6.61. The van der Waals surface area contributed by atoms with Gasteiger partial charge < -0.3 is 4.74 Å². The van der Waals surface area contributed by atoms with Crippen LogP contribution in [-0.4, -0.2) is 6.61 Å². The lowest BCUT2D eigenvalue weighted by molar-refractivity contribution is 0.297. The van der Waals surface area contributed by atoms with Crippen molar-refractivity contribution in [2.45, 2.75) is 19.3 Å². The van der Waals surface area contributed by atoms with E-state index in [1.165, 1.54) is 12.8 Å². The van der Waals surface area contributed by atoms with Crippen LogP contribution in [0.25, 0.3) is 0 Å². The lowest BCUT2D eigenvalue weighted by atomic mass is 10.1. The zero-order valence-corrected chi connectivity index (χ0v) is 9.96. The summed E-state index contributed by atoms with van der Waals surface area (Å²) in [6.07, 6.45) is 2.99. The molecule has 1 aliphatic rings. The third-order valence-corrected chi connectivity index (χ3v) is 3.38. The Hall–Kier alpha value is -1.01. The molecule has 1 aliphatic carbocycles. The third kappa shape index (κ3) is 2.73. The summed E-state index contributed by atoms with van der Waals surface area (Å²) in [6, 6.07) is 7.95. The van der Waals surface area contributed by atoms with E-state index >= 15 is 0 Å². The number of halogens is 1. The van der Waals surface area contributed by atoms with Crippen molar-refractivity contribution >= 4 is 15.9 Å². The van der Waals surface area contributed by atoms with Crippen LogP contribution in [0.5, 0.6) is 5.75 Å². The Morgan fingerprint density at radius 2 is 2.27 bits per heavy atom. The van der Waals surface area contributed by atoms with Crippen LogP contribution in [-0.2, 0) is 6.42 Å². The third-order valence-electron chi connectivity index (χ3n) is 2.48. The van der Waals surface area contributed by atoms with Gasteiger partial charge in [-0.2, -0.15) is 5.26 Å². The highest BCUT2D eigenvalue weighted by Gasteiger charge is 2.22. The van der Waals surface area contributed by atoms with Crippen molar-refractivity contribution in [3.63, 3.8) is 0 Å². The van der Waals surface area contributed by atoms with Crippen molar-refractivity contribution in [2.75, 3.05) is 6.61 Å². The van der Waals surface area contributed by atoms with Crippen LogP contribution in [0.1, 0.15) is 18.4 Å². The molecular formula is C12H12BrNO. The van der Waals surface area contributed by atoms with Crippen LogP contribution >= 0.6 is 15.9 Å². The number of benzene rings is 1. The van der Waals surface area contributed by atoms with Crippen molar-refractivity contribution in [3.05, 3.63) is 28.2 Å². The van der Waals surface area contributed by atoms with Crippen LogP contribution < -0.4 is 4.74 Å². The molecule has 0 bridgehead atoms. The Morgan fingerprint density at radius 1 is 1.47 bits per heavy atom. The Bertz CT molecular complexity index is 393. The van der Waals surface area contributed by atoms with Gasteiger partial charge in [0.1, 0.15) is 5.75 Å². The van der Waals surface area contributed by atoms with Gasteiger partial charge in [0.05, 0.1) is 23.6 Å². The van der Waals surface area contributed by atoms with Gasteiger partial charge in [0, 0.05) is 0 Å². The first-order chi connectivity index (χ1) is 7.31. The minimum absolute atomic E-state index is 0.418. The van der Waals surface area contributed by atoms with E-state index in [0.717, 1.165) is 28.3 Å². The maximum absolute atomic E-state index is 8.65. The number of nitrogens with zero attached hydrogens (tertiary/aromatic N) is 1. The molecule has 1 fully saturated rings. The largest absolute Gasteiger partial charge is 0.492 e. The van der Waals surface area contributed by atoms with E-state index in [0.29, 0.717) is 6.42 Å². The molecule has 0 heterocycles. The Kier molecular flexibility index (Phi) is 3.27. The fraction of sp³-hybridized carbons (Fsp3) is 0.417. The van der Waals surface area contributed by atoms with E-state index in [1.807, 2.05) is 18.2 Å². The summed E-state index contributed by atoms with van der Waals surface area (Å²) in [5.41, 5.74) is 0.991. The summed E-state index contributed by atoms with van der Waals surface area (Å²) >= 11 is 3.48. The molecule has 2 rings (SSSR count). The minimum atomic E-state index is 0.418. The van der Waals surface area contributed by atoms with Crippen molar-refractivity contribution in [3.8, 4) is 11.8 Å². The Labute approximate surface area is 98.0 Å². The summed E-state index contributed by atoms with van der Waals surface area (Å²) in [5, 5.41) is 8.65. The maximum atomic E-state index is 8.65. The fourth-order valence-electron chi connectivity index (χ4n) is 1.38. The summed E-state index contributed by atoms with van der Waals surface area (Å²) in [7, 11) is 0. The predicted octanol–water partition coefficient (Wildman–Crippen LogP) is 3.30. The molecule has 0 atom stereocenters. The highest BCUT2D eigenvalue weighted by molar-refractivity contribution is 9.10. The standard InChI is InChI=1S/C12H12BrNO/c13-12-10(6-7-14)2-1-3-11(12)15-8-9-4-5-9/h1-3,9H,4-6,8H2. The van der Waals surface area contributed by atoms with Crippen LogP contribution in [0.3, 0.4) is 0 Å². The molecule has 0 amide bonds. The van der Waals surface area contributed by atoms with Gasteiger partial charge in [0.15, 0.2) is 0 Å². The zero-order chi connectivity index (χ0) is 10.7. The molecule has 1 aromatic carbocycles. The second-order valence-electron chi connectivity index (χ2n) is 3.82. The van der Waals surface area contributed by atoms with Gasteiger partial charge in [-0.15, -0.1) is 0 Å². The molecule has 1 aromatic rings. The molecule has 0 aliphatic heterocycles. The van der Waals surface area contributed by atoms with Crippen LogP contribution in [0.15, 0.2) is 22.7 Å². The predicted molar refractivity (Wildman–Crippen MR) is 61.7 cm³/mol. The zero-order valence-electron chi connectivity index (χ0n) is 8.37. The molecule has 15 heavy (non-hydrogen) atoms. The van der Waals surface area contributed by atoms with Crippen molar-refractivity contribution in [1.29, 1.82) is 5.26 Å². The minimum Gasteiger partial charge on any atom is -0.492 e. The van der Waals surface area contributed by atoms with Gasteiger partial charge in [-0.3, -0.25) is 0 Å². The van der Waals surface area contributed by atoms with Crippen molar-refractivity contribution < 1.29 is 4.74 Å². The van der Waals surface area contributed by atoms with Crippen LogP contribution in [0.2, 0.25) is 0 Å². The monoisotopic (exact) mass is 265 g/mol. The van der Waals surface area contributed by atoms with E-state index in [4.69, 9.17) is 10.00 Å². The van der Waals surface area contributed by atoms with Crippen LogP contribution in [0.4, 0.5) is 0 Å². The topological polar surface area (TPSA) is 33.0 Å². The normalized spacial score (nSPS) is 14.7. The van der Waals surface area contributed by atoms with Crippen molar-refractivity contribution in [1.82, 2.24) is 0 Å². The molecule has 0 aromatic heterocycles. The van der Waals surface area contributed by atoms with E-state index in [2.05, 4.69) is 22.0 Å². The Balaban J connectivity index is 2.08. The molecule has 0 saturated heterocycles. The molecule has 1 saturated carbocycles. The molecular weight excluding hydrogens is 254 g/mol. The van der Waals surface area contributed by atoms with Crippen molar-refractivity contribution in [2.24, 2.45) is 5.92 Å². The lowest BCUT2D eigenvalue weighted by Gasteiger charge is -2.09. The van der Waals surface area contributed by atoms with Gasteiger partial charge >= 0.3 is 0 Å². The summed E-state index contributed by atoms with van der Waals surface area (Å²) in [6.45, 7) is 0.800. The van der Waals surface area contributed by atoms with E-state index in [9.17, 15) is 0 Å². The number of hydrogen-bond acceptors (Lipinski definition) is 2. The molecule has 2 nitrogen and oxygen atoms in total. The second kappa shape index (κ2) is 4.67. The SMILES string of the molecule is N#CCc1cccc(OCC2CC2)c1Br. The van der Waals surface area contributed by atoms with Gasteiger partial charge in [-0.25, -0.2) is 0 Å². The lowest BCUT2D eigenvalue weighted by Crippen LogP contribution is -2.00. The molecule has 3 heteroatoms. The quantitative estimate of drug-likeness (QED) is 0.837. The van der Waals surface area contributed by atoms with E-state index < -0.39 is 0 Å². The molecule has 0 radical (unpaired) electrons. The fourth-order valence-corrected chi connectivity index (χ4v) is 1.90. The first-order valence-electron chi connectivity index (χ1n) is 5.08. The number of nitriles is 1. The molecule has 0 unspecified atom stereocenters. The average molecular weight is 266 g/mol. The first kappa shape index (κ1) is 10.5. The first-order valence-corrected chi connectivity index (χ1v) is 5.87. The smallest absolute Gasteiger partial charge is 0.133 e. The maximum Gasteiger partial charge on any atom is 0.133 e. The van der Waals surface area contributed by atoms with Crippen LogP contribution in [0, 0.1) is 17.2 Å². The summed E-state index contributed by atoms with van der Waals surface area (Å²) in [5.74, 6) is 1.60. The average Bonchev–Trinajstić information content (AvgIpc) is 3.03. The van der Waals surface area contributed by atoms with E-state index in [1.54, 1.807) is 0 Å². The second-order valence-corrected chi connectivity index (χ2v) is 4.61. The number of ether oxygens (including phenoxy) is 1. The molecule has 78 valence electrons. The van der Waals surface area contributed by atoms with E-state index in [-0.39, 0.29) is 0 Å². The van der Waals surface area contributed by atoms with Gasteiger partial charge in [0.25, 0.3) is 0 Å². The highest BCUT2D eigenvalue weighted by atomic mass is 79.9. The highest BCUT2D eigenvalue weighted by Crippen LogP contribution is 2.33. The Morgan fingerprint density at radius 3 is 2.93 bits per heavy atom.